The molecule has 1 heterocycles. The third-order valence-corrected chi connectivity index (χ3v) is 3.48. The van der Waals surface area contributed by atoms with Gasteiger partial charge in [-0.15, -0.1) is 24.0 Å². The van der Waals surface area contributed by atoms with Crippen LogP contribution in [0.3, 0.4) is 0 Å². The molecule has 4 N–H and O–H groups in total. The van der Waals surface area contributed by atoms with Gasteiger partial charge in [-0.05, 0) is 31.4 Å². The first-order valence-electron chi connectivity index (χ1n) is 7.22. The Morgan fingerprint density at radius 3 is 2.95 bits per heavy atom. The number of hydrogen-bond donors (Lipinski definition) is 3. The summed E-state index contributed by atoms with van der Waals surface area (Å²) in [4.78, 5) is 7.70. The predicted molar refractivity (Wildman–Crippen MR) is 103 cm³/mol. The lowest BCUT2D eigenvalue weighted by Crippen LogP contribution is -2.40. The second kappa shape index (κ2) is 8.99. The van der Waals surface area contributed by atoms with Gasteiger partial charge in [0.2, 0.25) is 0 Å². The zero-order valence-corrected chi connectivity index (χ0v) is 15.7. The van der Waals surface area contributed by atoms with Crippen molar-refractivity contribution in [3.8, 4) is 0 Å². The molecule has 0 aliphatic rings. The predicted octanol–water partition coefficient (Wildman–Crippen LogP) is 2.58. The maximum Gasteiger partial charge on any atom is 0.188 e. The highest BCUT2D eigenvalue weighted by molar-refractivity contribution is 14.0. The molecule has 0 fully saturated rings. The van der Waals surface area contributed by atoms with Crippen molar-refractivity contribution in [2.24, 2.45) is 10.7 Å². The van der Waals surface area contributed by atoms with Crippen LogP contribution in [0, 0.1) is 6.92 Å². The van der Waals surface area contributed by atoms with E-state index in [1.54, 1.807) is 7.11 Å². The lowest BCUT2D eigenvalue weighted by Gasteiger charge is -2.12. The van der Waals surface area contributed by atoms with Crippen LogP contribution in [0.1, 0.15) is 18.1 Å². The highest BCUT2D eigenvalue weighted by Crippen LogP contribution is 2.21. The standard InChI is InChI=1S/C16H24N4O.HI/c1-11-5-4-6-14-13(9-19-15(11)14)7-8-18-16(17)20-12(2)10-21-3;/h4-6,9,12,19H,7-8,10H2,1-3H3,(H3,17,18,20);1H. The van der Waals surface area contributed by atoms with Gasteiger partial charge in [-0.1, -0.05) is 18.2 Å². The normalized spacial score (nSPS) is 13.0. The van der Waals surface area contributed by atoms with Crippen LogP contribution in [0.25, 0.3) is 10.9 Å². The van der Waals surface area contributed by atoms with E-state index in [1.165, 1.54) is 22.0 Å². The number of aromatic amines is 1. The zero-order valence-electron chi connectivity index (χ0n) is 13.3. The van der Waals surface area contributed by atoms with E-state index < -0.39 is 0 Å². The largest absolute Gasteiger partial charge is 0.383 e. The number of methoxy groups -OCH3 is 1. The van der Waals surface area contributed by atoms with E-state index in [0.717, 1.165) is 6.42 Å². The van der Waals surface area contributed by atoms with Crippen LogP contribution in [-0.4, -0.2) is 37.2 Å². The Kier molecular flexibility index (Phi) is 7.67. The van der Waals surface area contributed by atoms with Gasteiger partial charge in [-0.2, -0.15) is 0 Å². The Hall–Kier alpha value is -1.28. The minimum absolute atomic E-state index is 0. The van der Waals surface area contributed by atoms with Crippen molar-refractivity contribution in [1.29, 1.82) is 0 Å². The van der Waals surface area contributed by atoms with Gasteiger partial charge in [0.25, 0.3) is 0 Å². The van der Waals surface area contributed by atoms with Gasteiger partial charge in [0.1, 0.15) is 0 Å². The Labute approximate surface area is 148 Å². The van der Waals surface area contributed by atoms with Crippen LogP contribution in [0.2, 0.25) is 0 Å². The number of nitrogens with two attached hydrogens (primary N) is 1. The summed E-state index contributed by atoms with van der Waals surface area (Å²) < 4.78 is 5.05. The summed E-state index contributed by atoms with van der Waals surface area (Å²) in [5, 5.41) is 4.37. The van der Waals surface area contributed by atoms with E-state index in [9.17, 15) is 0 Å². The summed E-state index contributed by atoms with van der Waals surface area (Å²) >= 11 is 0. The molecule has 0 saturated heterocycles. The highest BCUT2D eigenvalue weighted by atomic mass is 127. The van der Waals surface area contributed by atoms with Gasteiger partial charge in [0.05, 0.1) is 6.61 Å². The second-order valence-corrected chi connectivity index (χ2v) is 5.33. The van der Waals surface area contributed by atoms with Crippen LogP contribution in [-0.2, 0) is 11.2 Å². The van der Waals surface area contributed by atoms with Crippen molar-refractivity contribution < 1.29 is 4.74 Å². The van der Waals surface area contributed by atoms with Crippen LogP contribution >= 0.6 is 24.0 Å². The summed E-state index contributed by atoms with van der Waals surface area (Å²) in [7, 11) is 1.67. The number of ether oxygens (including phenoxy) is 1. The molecule has 0 spiro atoms. The van der Waals surface area contributed by atoms with Crippen molar-refractivity contribution >= 4 is 40.8 Å². The topological polar surface area (TPSA) is 75.4 Å². The lowest BCUT2D eigenvalue weighted by molar-refractivity contribution is 0.179. The van der Waals surface area contributed by atoms with E-state index in [4.69, 9.17) is 10.5 Å². The Morgan fingerprint density at radius 1 is 1.45 bits per heavy atom. The van der Waals surface area contributed by atoms with Gasteiger partial charge < -0.3 is 20.8 Å². The fourth-order valence-corrected chi connectivity index (χ4v) is 2.46. The first-order chi connectivity index (χ1) is 10.1. The summed E-state index contributed by atoms with van der Waals surface area (Å²) in [6, 6.07) is 6.50. The number of para-hydroxylation sites is 1. The number of nitrogens with zero attached hydrogens (tertiary/aromatic N) is 1. The number of hydrogen-bond acceptors (Lipinski definition) is 2. The SMILES string of the molecule is COCC(C)NC(N)=NCCc1c[nH]c2c(C)cccc12.I. The lowest BCUT2D eigenvalue weighted by atomic mass is 10.1. The molecule has 0 amide bonds. The third kappa shape index (κ3) is 4.88. The molecule has 0 aliphatic carbocycles. The number of aryl methyl sites for hydroxylation is 1. The summed E-state index contributed by atoms with van der Waals surface area (Å²) in [6.07, 6.45) is 2.93. The average molecular weight is 416 g/mol. The Balaban J connectivity index is 0.00000242. The maximum atomic E-state index is 5.86. The first-order valence-corrected chi connectivity index (χ1v) is 7.22. The second-order valence-electron chi connectivity index (χ2n) is 5.33. The van der Waals surface area contributed by atoms with Gasteiger partial charge >= 0.3 is 0 Å². The molecule has 1 atom stereocenters. The molecule has 5 nitrogen and oxygen atoms in total. The molecule has 122 valence electrons. The van der Waals surface area contributed by atoms with Crippen LogP contribution in [0.5, 0.6) is 0 Å². The van der Waals surface area contributed by atoms with E-state index >= 15 is 0 Å². The monoisotopic (exact) mass is 416 g/mol. The quantitative estimate of drug-likeness (QED) is 0.385. The van der Waals surface area contributed by atoms with Crippen LogP contribution < -0.4 is 11.1 Å². The molecular formula is C16H25IN4O. The van der Waals surface area contributed by atoms with Gasteiger partial charge in [-0.25, -0.2) is 0 Å². The highest BCUT2D eigenvalue weighted by Gasteiger charge is 2.05. The number of guanidine groups is 1. The van der Waals surface area contributed by atoms with Crippen LogP contribution in [0.15, 0.2) is 29.4 Å². The molecule has 22 heavy (non-hydrogen) atoms. The Bertz CT molecular complexity index is 624. The van der Waals surface area contributed by atoms with Crippen molar-refractivity contribution in [1.82, 2.24) is 10.3 Å². The third-order valence-electron chi connectivity index (χ3n) is 3.48. The van der Waals surface area contributed by atoms with Crippen molar-refractivity contribution in [2.45, 2.75) is 26.3 Å². The molecule has 6 heteroatoms. The number of fused-ring (bicyclic) bond motifs is 1. The van der Waals surface area contributed by atoms with Crippen molar-refractivity contribution in [2.75, 3.05) is 20.3 Å². The number of rotatable bonds is 6. The molecular weight excluding hydrogens is 391 g/mol. The molecule has 0 saturated carbocycles. The summed E-state index contributed by atoms with van der Waals surface area (Å²) in [5.41, 5.74) is 9.60. The smallest absolute Gasteiger partial charge is 0.188 e. The molecule has 1 unspecified atom stereocenters. The molecule has 1 aromatic heterocycles. The fraction of sp³-hybridized carbons (Fsp3) is 0.438. The summed E-state index contributed by atoms with van der Waals surface area (Å²) in [5.74, 6) is 0.468. The number of H-pyrrole nitrogens is 1. The number of benzene rings is 1. The minimum Gasteiger partial charge on any atom is -0.383 e. The van der Waals surface area contributed by atoms with Gasteiger partial charge in [0.15, 0.2) is 5.96 Å². The number of aliphatic imine (C=N–C) groups is 1. The molecule has 0 aliphatic heterocycles. The average Bonchev–Trinajstić information content (AvgIpc) is 2.84. The van der Waals surface area contributed by atoms with Crippen molar-refractivity contribution in [3.05, 3.63) is 35.5 Å². The van der Waals surface area contributed by atoms with E-state index in [0.29, 0.717) is 19.1 Å². The minimum atomic E-state index is 0. The maximum absolute atomic E-state index is 5.86. The molecule has 2 aromatic rings. The first kappa shape index (κ1) is 18.8. The van der Waals surface area contributed by atoms with Gasteiger partial charge in [0, 0.05) is 36.8 Å². The molecule has 2 rings (SSSR count). The molecule has 1 aromatic carbocycles. The number of nitrogens with one attached hydrogen (secondary N) is 2. The fourth-order valence-electron chi connectivity index (χ4n) is 2.46. The number of halogens is 1. The molecule has 0 bridgehead atoms. The van der Waals surface area contributed by atoms with Crippen molar-refractivity contribution in [3.63, 3.8) is 0 Å². The number of aromatic nitrogens is 1. The van der Waals surface area contributed by atoms with Crippen LogP contribution in [0.4, 0.5) is 0 Å². The van der Waals surface area contributed by atoms with E-state index in [-0.39, 0.29) is 30.0 Å². The van der Waals surface area contributed by atoms with E-state index in [1.807, 2.05) is 6.92 Å². The summed E-state index contributed by atoms with van der Waals surface area (Å²) in [6.45, 7) is 5.39. The molecule has 0 radical (unpaired) electrons. The van der Waals surface area contributed by atoms with E-state index in [2.05, 4.69) is 46.6 Å². The van der Waals surface area contributed by atoms with Gasteiger partial charge in [-0.3, -0.25) is 4.99 Å². The zero-order chi connectivity index (χ0) is 15.2. The Morgan fingerprint density at radius 2 is 2.23 bits per heavy atom.